The lowest BCUT2D eigenvalue weighted by molar-refractivity contribution is 0.0924. The van der Waals surface area contributed by atoms with Crippen LogP contribution in [-0.4, -0.2) is 10.9 Å². The fourth-order valence-electron chi connectivity index (χ4n) is 3.26. The fraction of sp³-hybridized carbons (Fsp3) is 0.0400. The van der Waals surface area contributed by atoms with Crippen LogP contribution in [0.4, 0.5) is 0 Å². The highest BCUT2D eigenvalue weighted by atomic mass is 35.5. The molecule has 0 radical (unpaired) electrons. The molecule has 31 heavy (non-hydrogen) atoms. The molecule has 6 heteroatoms. The number of aromatic nitrogens is 1. The first-order valence-electron chi connectivity index (χ1n) is 9.74. The summed E-state index contributed by atoms with van der Waals surface area (Å²) >= 11 is 5.91. The average Bonchev–Trinajstić information content (AvgIpc) is 3.46. The molecule has 0 bridgehead atoms. The zero-order chi connectivity index (χ0) is 21.2. The van der Waals surface area contributed by atoms with Crippen molar-refractivity contribution in [3.8, 4) is 22.8 Å². The van der Waals surface area contributed by atoms with E-state index >= 15 is 0 Å². The van der Waals surface area contributed by atoms with Crippen LogP contribution < -0.4 is 5.32 Å². The van der Waals surface area contributed by atoms with Crippen molar-refractivity contribution in [2.45, 2.75) is 6.54 Å². The van der Waals surface area contributed by atoms with E-state index in [0.29, 0.717) is 23.2 Å². The van der Waals surface area contributed by atoms with E-state index in [4.69, 9.17) is 20.4 Å². The number of amides is 1. The third kappa shape index (κ3) is 4.09. The quantitative estimate of drug-likeness (QED) is 0.354. The number of nitrogens with zero attached hydrogens (tertiary/aromatic N) is 1. The second kappa shape index (κ2) is 8.13. The van der Waals surface area contributed by atoms with E-state index in [0.717, 1.165) is 27.8 Å². The number of para-hydroxylation sites is 2. The van der Waals surface area contributed by atoms with Gasteiger partial charge in [-0.25, -0.2) is 4.98 Å². The van der Waals surface area contributed by atoms with Gasteiger partial charge in [0.05, 0.1) is 0 Å². The molecule has 0 aliphatic heterocycles. The number of hydrogen-bond acceptors (Lipinski definition) is 4. The van der Waals surface area contributed by atoms with Crippen molar-refractivity contribution >= 4 is 28.6 Å². The van der Waals surface area contributed by atoms with Crippen LogP contribution in [0, 0.1) is 0 Å². The molecule has 0 aliphatic rings. The Bertz CT molecular complexity index is 1320. The van der Waals surface area contributed by atoms with E-state index in [1.165, 1.54) is 0 Å². The van der Waals surface area contributed by atoms with E-state index < -0.39 is 0 Å². The van der Waals surface area contributed by atoms with E-state index in [1.54, 1.807) is 24.3 Å². The Morgan fingerprint density at radius 1 is 0.839 bits per heavy atom. The summed E-state index contributed by atoms with van der Waals surface area (Å²) in [7, 11) is 0. The zero-order valence-electron chi connectivity index (χ0n) is 16.3. The number of oxazole rings is 1. The summed E-state index contributed by atoms with van der Waals surface area (Å²) in [6.45, 7) is 0.379. The van der Waals surface area contributed by atoms with Gasteiger partial charge in [-0.3, -0.25) is 4.79 Å². The van der Waals surface area contributed by atoms with Crippen LogP contribution in [0.15, 0.2) is 93.8 Å². The van der Waals surface area contributed by atoms with Gasteiger partial charge in [0.1, 0.15) is 11.3 Å². The molecule has 0 atom stereocenters. The van der Waals surface area contributed by atoms with E-state index in [1.807, 2.05) is 60.7 Å². The Morgan fingerprint density at radius 2 is 1.58 bits per heavy atom. The summed E-state index contributed by atoms with van der Waals surface area (Å²) in [6, 6.07) is 26.1. The third-order valence-electron chi connectivity index (χ3n) is 4.91. The largest absolute Gasteiger partial charge is 0.451 e. The minimum atomic E-state index is -0.275. The smallest absolute Gasteiger partial charge is 0.287 e. The average molecular weight is 429 g/mol. The second-order valence-electron chi connectivity index (χ2n) is 7.04. The van der Waals surface area contributed by atoms with Crippen LogP contribution in [-0.2, 0) is 6.54 Å². The predicted molar refractivity (Wildman–Crippen MR) is 120 cm³/mol. The highest BCUT2D eigenvalue weighted by Gasteiger charge is 2.13. The maximum Gasteiger partial charge on any atom is 0.287 e. The summed E-state index contributed by atoms with van der Waals surface area (Å²) in [6.07, 6.45) is 0. The summed E-state index contributed by atoms with van der Waals surface area (Å²) in [5.74, 6) is 1.17. The normalized spacial score (nSPS) is 11.0. The molecule has 3 aromatic carbocycles. The number of carbonyl (C=O) groups excluding carboxylic acids is 1. The van der Waals surface area contributed by atoms with Crippen molar-refractivity contribution in [3.63, 3.8) is 0 Å². The number of benzene rings is 3. The molecule has 5 nitrogen and oxygen atoms in total. The molecule has 152 valence electrons. The Labute approximate surface area is 183 Å². The first-order chi connectivity index (χ1) is 15.2. The maximum atomic E-state index is 12.5. The molecule has 1 amide bonds. The Kier molecular flexibility index (Phi) is 5.02. The number of fused-ring (bicyclic) bond motifs is 1. The molecule has 0 aliphatic carbocycles. The van der Waals surface area contributed by atoms with Crippen LogP contribution in [0.3, 0.4) is 0 Å². The van der Waals surface area contributed by atoms with Crippen molar-refractivity contribution < 1.29 is 13.6 Å². The van der Waals surface area contributed by atoms with Gasteiger partial charge in [0, 0.05) is 22.7 Å². The monoisotopic (exact) mass is 428 g/mol. The van der Waals surface area contributed by atoms with Gasteiger partial charge in [-0.2, -0.15) is 0 Å². The maximum absolute atomic E-state index is 12.5. The lowest BCUT2D eigenvalue weighted by Gasteiger charge is -2.04. The van der Waals surface area contributed by atoms with Gasteiger partial charge < -0.3 is 14.2 Å². The molecule has 5 rings (SSSR count). The molecule has 0 saturated heterocycles. The first kappa shape index (κ1) is 19.2. The molecule has 2 aromatic heterocycles. The van der Waals surface area contributed by atoms with Gasteiger partial charge in [-0.15, -0.1) is 0 Å². The Hall–Kier alpha value is -3.83. The number of hydrogen-bond donors (Lipinski definition) is 1. The third-order valence-corrected chi connectivity index (χ3v) is 5.16. The summed E-state index contributed by atoms with van der Waals surface area (Å²) in [4.78, 5) is 17.0. The second-order valence-corrected chi connectivity index (χ2v) is 7.47. The number of furan rings is 1. The van der Waals surface area contributed by atoms with Crippen molar-refractivity contribution in [2.75, 3.05) is 0 Å². The van der Waals surface area contributed by atoms with Gasteiger partial charge in [0.15, 0.2) is 11.3 Å². The van der Waals surface area contributed by atoms with Crippen LogP contribution >= 0.6 is 11.6 Å². The van der Waals surface area contributed by atoms with Crippen LogP contribution in [0.2, 0.25) is 5.02 Å². The number of carbonyl (C=O) groups is 1. The minimum absolute atomic E-state index is 0.257. The van der Waals surface area contributed by atoms with Crippen molar-refractivity contribution in [1.29, 1.82) is 0 Å². The molecule has 0 spiro atoms. The highest BCUT2D eigenvalue weighted by molar-refractivity contribution is 6.30. The molecule has 1 N–H and O–H groups in total. The van der Waals surface area contributed by atoms with Gasteiger partial charge in [-0.05, 0) is 66.2 Å². The van der Waals surface area contributed by atoms with Crippen LogP contribution in [0.1, 0.15) is 16.1 Å². The molecule has 5 aromatic rings. The van der Waals surface area contributed by atoms with E-state index in [-0.39, 0.29) is 11.7 Å². The lowest BCUT2D eigenvalue weighted by Crippen LogP contribution is -2.22. The Morgan fingerprint density at radius 3 is 2.35 bits per heavy atom. The van der Waals surface area contributed by atoms with Crippen LogP contribution in [0.25, 0.3) is 33.9 Å². The van der Waals surface area contributed by atoms with Crippen molar-refractivity contribution in [1.82, 2.24) is 10.3 Å². The molecule has 0 unspecified atom stereocenters. The molecule has 0 saturated carbocycles. The van der Waals surface area contributed by atoms with Crippen LogP contribution in [0.5, 0.6) is 0 Å². The summed E-state index contributed by atoms with van der Waals surface area (Å²) in [5, 5.41) is 3.53. The van der Waals surface area contributed by atoms with Crippen molar-refractivity contribution in [2.24, 2.45) is 0 Å². The number of rotatable bonds is 5. The van der Waals surface area contributed by atoms with Gasteiger partial charge in [-0.1, -0.05) is 35.9 Å². The molecule has 0 fully saturated rings. The van der Waals surface area contributed by atoms with E-state index in [2.05, 4.69) is 10.3 Å². The first-order valence-corrected chi connectivity index (χ1v) is 10.1. The fourth-order valence-corrected chi connectivity index (χ4v) is 3.39. The molecule has 2 heterocycles. The molecular weight excluding hydrogens is 412 g/mol. The topological polar surface area (TPSA) is 68.3 Å². The zero-order valence-corrected chi connectivity index (χ0v) is 17.1. The van der Waals surface area contributed by atoms with Crippen molar-refractivity contribution in [3.05, 3.63) is 101 Å². The summed E-state index contributed by atoms with van der Waals surface area (Å²) < 4.78 is 11.5. The van der Waals surface area contributed by atoms with E-state index in [9.17, 15) is 4.79 Å². The standard InChI is InChI=1S/C25H17ClN2O3/c26-19-11-9-17(10-12-19)21-13-14-23(30-21)24(29)27-15-16-5-7-18(8-6-16)25-28-20-3-1-2-4-22(20)31-25/h1-14H,15H2,(H,27,29). The minimum Gasteiger partial charge on any atom is -0.451 e. The predicted octanol–water partition coefficient (Wildman–Crippen LogP) is 6.34. The molecular formula is C25H17ClN2O3. The van der Waals surface area contributed by atoms with Gasteiger partial charge in [0.2, 0.25) is 5.89 Å². The highest BCUT2D eigenvalue weighted by Crippen LogP contribution is 2.25. The lowest BCUT2D eigenvalue weighted by atomic mass is 10.1. The Balaban J connectivity index is 1.24. The number of nitrogens with one attached hydrogen (secondary N) is 1. The number of halogens is 1. The summed E-state index contributed by atoms with van der Waals surface area (Å²) in [5.41, 5.74) is 4.27. The SMILES string of the molecule is O=C(NCc1ccc(-c2nc3ccccc3o2)cc1)c1ccc(-c2ccc(Cl)cc2)o1. The van der Waals surface area contributed by atoms with Gasteiger partial charge in [0.25, 0.3) is 5.91 Å². The van der Waals surface area contributed by atoms with Gasteiger partial charge >= 0.3 is 0 Å².